The minimum atomic E-state index is -5.02. The van der Waals surface area contributed by atoms with Gasteiger partial charge in [-0.15, -0.1) is 0 Å². The number of hydrogen-bond donors (Lipinski definition) is 2. The van der Waals surface area contributed by atoms with Gasteiger partial charge in [0, 0.05) is 5.69 Å². The summed E-state index contributed by atoms with van der Waals surface area (Å²) in [7, 11) is 0. The first-order valence-corrected chi connectivity index (χ1v) is 6.85. The van der Waals surface area contributed by atoms with Crippen LogP contribution in [0.3, 0.4) is 0 Å². The number of carbonyl (C=O) groups excluding carboxylic acids is 2. The molecule has 0 radical (unpaired) electrons. The van der Waals surface area contributed by atoms with Gasteiger partial charge >= 0.3 is 12.1 Å². The number of amides is 2. The molecule has 0 bridgehead atoms. The summed E-state index contributed by atoms with van der Waals surface area (Å²) in [5.41, 5.74) is 1.28. The van der Waals surface area contributed by atoms with Crippen LogP contribution in [-0.2, 0) is 9.59 Å². The minimum absolute atomic E-state index is 0.0545. The fourth-order valence-corrected chi connectivity index (χ4v) is 1.88. The van der Waals surface area contributed by atoms with Gasteiger partial charge in [-0.2, -0.15) is 13.2 Å². The third-order valence-corrected chi connectivity index (χ3v) is 2.99. The third-order valence-electron chi connectivity index (χ3n) is 2.99. The molecule has 0 heterocycles. The second kappa shape index (κ2) is 7.29. The molecular weight excluding hydrogens is 297 g/mol. The lowest BCUT2D eigenvalue weighted by Crippen LogP contribution is -2.49. The van der Waals surface area contributed by atoms with E-state index in [0.29, 0.717) is 5.69 Å². The molecule has 0 saturated heterocycles. The Bertz CT molecular complexity index is 542. The third kappa shape index (κ3) is 5.38. The maximum atomic E-state index is 12.4. The molecule has 1 rings (SSSR count). The van der Waals surface area contributed by atoms with Crippen LogP contribution >= 0.6 is 0 Å². The average Bonchev–Trinajstić information content (AvgIpc) is 2.38. The molecule has 2 N–H and O–H groups in total. The van der Waals surface area contributed by atoms with Crippen LogP contribution in [0.15, 0.2) is 24.3 Å². The van der Waals surface area contributed by atoms with Crippen molar-refractivity contribution in [2.75, 3.05) is 5.32 Å². The number of rotatable bonds is 5. The standard InChI is InChI=1S/C15H19F3N2O2/c1-9(2)8-12(20-14(22)15(16,17)18)13(21)19-11-7-5-4-6-10(11)3/h4-7,9,12H,8H2,1-3H3,(H,19,21)(H,20,22)/t12-/m1/s1. The zero-order valence-corrected chi connectivity index (χ0v) is 12.6. The van der Waals surface area contributed by atoms with Crippen LogP contribution in [0.2, 0.25) is 0 Å². The lowest BCUT2D eigenvalue weighted by molar-refractivity contribution is -0.174. The Morgan fingerprint density at radius 3 is 2.27 bits per heavy atom. The fraction of sp³-hybridized carbons (Fsp3) is 0.467. The van der Waals surface area contributed by atoms with Crippen LogP contribution < -0.4 is 10.6 Å². The van der Waals surface area contributed by atoms with E-state index in [9.17, 15) is 22.8 Å². The molecule has 22 heavy (non-hydrogen) atoms. The van der Waals surface area contributed by atoms with Gasteiger partial charge in [-0.3, -0.25) is 9.59 Å². The average molecular weight is 316 g/mol. The normalized spacial score (nSPS) is 12.9. The van der Waals surface area contributed by atoms with E-state index in [4.69, 9.17) is 0 Å². The van der Waals surface area contributed by atoms with Gasteiger partial charge in [0.25, 0.3) is 0 Å². The first-order valence-electron chi connectivity index (χ1n) is 6.85. The Hall–Kier alpha value is -2.05. The quantitative estimate of drug-likeness (QED) is 0.877. The molecule has 0 aliphatic heterocycles. The molecule has 1 atom stereocenters. The van der Waals surface area contributed by atoms with Crippen molar-refractivity contribution in [1.29, 1.82) is 0 Å². The zero-order valence-electron chi connectivity index (χ0n) is 12.6. The number of nitrogens with one attached hydrogen (secondary N) is 2. The van der Waals surface area contributed by atoms with Crippen LogP contribution in [0, 0.1) is 12.8 Å². The van der Waals surface area contributed by atoms with E-state index in [1.54, 1.807) is 50.4 Å². The SMILES string of the molecule is Cc1ccccc1NC(=O)[C@@H](CC(C)C)NC(=O)C(F)(F)F. The van der Waals surface area contributed by atoms with E-state index >= 15 is 0 Å². The summed E-state index contributed by atoms with van der Waals surface area (Å²) < 4.78 is 37.1. The predicted molar refractivity (Wildman–Crippen MR) is 77.2 cm³/mol. The Balaban J connectivity index is 2.85. The largest absolute Gasteiger partial charge is 0.471 e. The number of carbonyl (C=O) groups is 2. The van der Waals surface area contributed by atoms with Gasteiger partial charge < -0.3 is 10.6 Å². The summed E-state index contributed by atoms with van der Waals surface area (Å²) in [4.78, 5) is 23.2. The highest BCUT2D eigenvalue weighted by Gasteiger charge is 2.40. The van der Waals surface area contributed by atoms with Gasteiger partial charge in [0.15, 0.2) is 0 Å². The van der Waals surface area contributed by atoms with E-state index in [1.807, 2.05) is 0 Å². The molecule has 0 spiro atoms. The minimum Gasteiger partial charge on any atom is -0.336 e. The molecule has 4 nitrogen and oxygen atoms in total. The number of anilines is 1. The number of halogens is 3. The molecule has 1 aromatic carbocycles. The van der Waals surface area contributed by atoms with Crippen molar-refractivity contribution in [1.82, 2.24) is 5.32 Å². The first-order chi connectivity index (χ1) is 10.1. The van der Waals surface area contributed by atoms with Crippen molar-refractivity contribution < 1.29 is 22.8 Å². The van der Waals surface area contributed by atoms with E-state index in [0.717, 1.165) is 5.56 Å². The molecule has 2 amide bonds. The number of aryl methyl sites for hydroxylation is 1. The molecule has 1 aromatic rings. The van der Waals surface area contributed by atoms with Crippen molar-refractivity contribution in [2.45, 2.75) is 39.4 Å². The van der Waals surface area contributed by atoms with Gasteiger partial charge in [-0.05, 0) is 30.9 Å². The summed E-state index contributed by atoms with van der Waals surface area (Å²) >= 11 is 0. The highest BCUT2D eigenvalue weighted by Crippen LogP contribution is 2.18. The Kier molecular flexibility index (Phi) is 5.96. The molecular formula is C15H19F3N2O2. The van der Waals surface area contributed by atoms with E-state index in [2.05, 4.69) is 5.32 Å². The number of para-hydroxylation sites is 1. The predicted octanol–water partition coefficient (Wildman–Crippen LogP) is 3.03. The second-order valence-electron chi connectivity index (χ2n) is 5.46. The second-order valence-corrected chi connectivity index (χ2v) is 5.46. The maximum Gasteiger partial charge on any atom is 0.471 e. The fourth-order valence-electron chi connectivity index (χ4n) is 1.88. The maximum absolute atomic E-state index is 12.4. The molecule has 0 aliphatic carbocycles. The summed E-state index contributed by atoms with van der Waals surface area (Å²) in [6.45, 7) is 5.28. The topological polar surface area (TPSA) is 58.2 Å². The van der Waals surface area contributed by atoms with Crippen molar-refractivity contribution in [3.8, 4) is 0 Å². The Morgan fingerprint density at radius 1 is 1.18 bits per heavy atom. The molecule has 0 fully saturated rings. The van der Waals surface area contributed by atoms with E-state index in [-0.39, 0.29) is 12.3 Å². The highest BCUT2D eigenvalue weighted by molar-refractivity contribution is 5.98. The highest BCUT2D eigenvalue weighted by atomic mass is 19.4. The molecule has 122 valence electrons. The van der Waals surface area contributed by atoms with E-state index < -0.39 is 24.0 Å². The van der Waals surface area contributed by atoms with Crippen molar-refractivity contribution in [3.05, 3.63) is 29.8 Å². The number of alkyl halides is 3. The molecule has 0 aliphatic rings. The smallest absolute Gasteiger partial charge is 0.336 e. The molecule has 0 saturated carbocycles. The zero-order chi connectivity index (χ0) is 16.9. The van der Waals surface area contributed by atoms with Gasteiger partial charge in [0.05, 0.1) is 0 Å². The lowest BCUT2D eigenvalue weighted by atomic mass is 10.0. The number of hydrogen-bond acceptors (Lipinski definition) is 2. The Labute approximate surface area is 127 Å². The summed E-state index contributed by atoms with van der Waals surface area (Å²) in [5, 5.41) is 4.30. The van der Waals surface area contributed by atoms with Crippen LogP contribution in [0.1, 0.15) is 25.8 Å². The molecule has 0 aromatic heterocycles. The molecule has 0 unspecified atom stereocenters. The van der Waals surface area contributed by atoms with Crippen LogP contribution in [-0.4, -0.2) is 24.0 Å². The Morgan fingerprint density at radius 2 is 1.77 bits per heavy atom. The van der Waals surface area contributed by atoms with Gasteiger partial charge in [0.2, 0.25) is 5.91 Å². The van der Waals surface area contributed by atoms with Crippen molar-refractivity contribution in [2.24, 2.45) is 5.92 Å². The van der Waals surface area contributed by atoms with Crippen LogP contribution in [0.25, 0.3) is 0 Å². The van der Waals surface area contributed by atoms with Crippen LogP contribution in [0.4, 0.5) is 18.9 Å². The molecule has 7 heteroatoms. The van der Waals surface area contributed by atoms with Crippen molar-refractivity contribution in [3.63, 3.8) is 0 Å². The number of benzene rings is 1. The van der Waals surface area contributed by atoms with Gasteiger partial charge in [0.1, 0.15) is 6.04 Å². The lowest BCUT2D eigenvalue weighted by Gasteiger charge is -2.21. The first kappa shape index (κ1) is 18.0. The van der Waals surface area contributed by atoms with Crippen molar-refractivity contribution >= 4 is 17.5 Å². The monoisotopic (exact) mass is 316 g/mol. The van der Waals surface area contributed by atoms with E-state index in [1.165, 1.54) is 0 Å². The summed E-state index contributed by atoms with van der Waals surface area (Å²) in [6.07, 6.45) is -4.91. The summed E-state index contributed by atoms with van der Waals surface area (Å²) in [5.74, 6) is -2.83. The van der Waals surface area contributed by atoms with Gasteiger partial charge in [-0.25, -0.2) is 0 Å². The van der Waals surface area contributed by atoms with Crippen LogP contribution in [0.5, 0.6) is 0 Å². The summed E-state index contributed by atoms with van der Waals surface area (Å²) in [6, 6.07) is 5.65. The van der Waals surface area contributed by atoms with Gasteiger partial charge in [-0.1, -0.05) is 32.0 Å².